The lowest BCUT2D eigenvalue weighted by molar-refractivity contribution is -0.128. The first kappa shape index (κ1) is 22.0. The van der Waals surface area contributed by atoms with Crippen LogP contribution in [-0.4, -0.2) is 27.1 Å². The number of hydrogen-bond acceptors (Lipinski definition) is 3. The van der Waals surface area contributed by atoms with Gasteiger partial charge >= 0.3 is 0 Å². The number of halogens is 3. The normalized spacial score (nSPS) is 20.1. The molecule has 2 aliphatic heterocycles. The van der Waals surface area contributed by atoms with Gasteiger partial charge in [-0.25, -0.2) is 9.07 Å². The highest BCUT2D eigenvalue weighted by Gasteiger charge is 2.39. The maximum atomic E-state index is 14.1. The van der Waals surface area contributed by atoms with Crippen molar-refractivity contribution in [2.24, 2.45) is 0 Å². The summed E-state index contributed by atoms with van der Waals surface area (Å²) in [4.78, 5) is 16.0. The fourth-order valence-electron chi connectivity index (χ4n) is 4.86. The number of amides is 1. The van der Waals surface area contributed by atoms with Crippen molar-refractivity contribution in [1.29, 1.82) is 0 Å². The number of nitrogens with zero attached hydrogens (tertiary/aromatic N) is 3. The third-order valence-electron chi connectivity index (χ3n) is 6.35. The SMILES string of the molecule is CC1=C(C(=O)N2CCC[C@H]2c2ccc(F)cc2)[C@H](c2ccc(Cl)c(Cl)c2)n2nc(C)cc2N1. The van der Waals surface area contributed by atoms with E-state index in [1.165, 1.54) is 12.1 Å². The minimum atomic E-state index is -0.452. The smallest absolute Gasteiger partial charge is 0.254 e. The fraction of sp³-hybridized carbons (Fsp3) is 0.280. The van der Waals surface area contributed by atoms with Crippen molar-refractivity contribution in [3.8, 4) is 0 Å². The zero-order valence-corrected chi connectivity index (χ0v) is 19.8. The average molecular weight is 485 g/mol. The monoisotopic (exact) mass is 484 g/mol. The third kappa shape index (κ3) is 3.91. The second kappa shape index (κ2) is 8.50. The number of nitrogens with one attached hydrogen (secondary N) is 1. The van der Waals surface area contributed by atoms with Gasteiger partial charge in [0.2, 0.25) is 0 Å². The molecular formula is C25H23Cl2FN4O. The van der Waals surface area contributed by atoms with Gasteiger partial charge in [-0.05, 0) is 62.1 Å². The van der Waals surface area contributed by atoms with E-state index >= 15 is 0 Å². The van der Waals surface area contributed by atoms with Crippen LogP contribution in [0, 0.1) is 12.7 Å². The number of anilines is 1. The van der Waals surface area contributed by atoms with Crippen LogP contribution in [0.1, 0.15) is 48.7 Å². The van der Waals surface area contributed by atoms with Crippen molar-refractivity contribution in [2.45, 2.75) is 38.8 Å². The molecule has 0 radical (unpaired) electrons. The van der Waals surface area contributed by atoms with Crippen LogP contribution in [-0.2, 0) is 4.79 Å². The molecule has 3 heterocycles. The van der Waals surface area contributed by atoms with Crippen molar-refractivity contribution in [3.05, 3.63) is 92.5 Å². The number of fused-ring (bicyclic) bond motifs is 1. The van der Waals surface area contributed by atoms with Gasteiger partial charge in [0.25, 0.3) is 5.91 Å². The Kier molecular flexibility index (Phi) is 5.67. The number of aryl methyl sites for hydroxylation is 1. The van der Waals surface area contributed by atoms with Crippen molar-refractivity contribution < 1.29 is 9.18 Å². The second-order valence-electron chi connectivity index (χ2n) is 8.56. The van der Waals surface area contributed by atoms with Crippen LogP contribution in [0.25, 0.3) is 0 Å². The predicted octanol–water partition coefficient (Wildman–Crippen LogP) is 6.29. The standard InChI is InChI=1S/C25H23Cl2FN4O/c1-14-12-22-29-15(2)23(24(32(22)30-14)17-7-10-19(26)20(27)13-17)25(33)31-11-3-4-21(31)16-5-8-18(28)9-6-16/h5-10,12-13,21,24,29H,3-4,11H2,1-2H3/t21-,24-/m0/s1. The Morgan fingerprint density at radius 1 is 1.06 bits per heavy atom. The molecule has 33 heavy (non-hydrogen) atoms. The Balaban J connectivity index is 1.59. The summed E-state index contributed by atoms with van der Waals surface area (Å²) in [5.74, 6) is 0.460. The van der Waals surface area contributed by atoms with Gasteiger partial charge in [0.05, 0.1) is 27.4 Å². The molecule has 1 amide bonds. The maximum Gasteiger partial charge on any atom is 0.254 e. The molecule has 1 fully saturated rings. The number of rotatable bonds is 3. The minimum Gasteiger partial charge on any atom is -0.344 e. The van der Waals surface area contributed by atoms with Gasteiger partial charge < -0.3 is 10.2 Å². The molecule has 1 saturated heterocycles. The maximum absolute atomic E-state index is 14.1. The minimum absolute atomic E-state index is 0.0679. The molecule has 170 valence electrons. The van der Waals surface area contributed by atoms with Crippen molar-refractivity contribution >= 4 is 34.9 Å². The first-order chi connectivity index (χ1) is 15.8. The topological polar surface area (TPSA) is 50.2 Å². The second-order valence-corrected chi connectivity index (χ2v) is 9.38. The quantitative estimate of drug-likeness (QED) is 0.475. The van der Waals surface area contributed by atoms with Crippen LogP contribution in [0.2, 0.25) is 10.0 Å². The Morgan fingerprint density at radius 2 is 1.79 bits per heavy atom. The van der Waals surface area contributed by atoms with E-state index in [4.69, 9.17) is 23.2 Å². The van der Waals surface area contributed by atoms with Crippen molar-refractivity contribution in [2.75, 3.05) is 11.9 Å². The lowest BCUT2D eigenvalue weighted by atomic mass is 9.93. The summed E-state index contributed by atoms with van der Waals surface area (Å²) in [5.41, 5.74) is 3.99. The molecular weight excluding hydrogens is 462 g/mol. The summed E-state index contributed by atoms with van der Waals surface area (Å²) in [6, 6.07) is 13.2. The van der Waals surface area contributed by atoms with Crippen LogP contribution >= 0.6 is 23.2 Å². The number of aromatic nitrogens is 2. The van der Waals surface area contributed by atoms with E-state index in [0.717, 1.165) is 41.2 Å². The molecule has 1 aromatic heterocycles. The number of carbonyl (C=O) groups excluding carboxylic acids is 1. The molecule has 2 atom stereocenters. The van der Waals surface area contributed by atoms with E-state index in [2.05, 4.69) is 10.4 Å². The van der Waals surface area contributed by atoms with E-state index in [9.17, 15) is 9.18 Å². The van der Waals surface area contributed by atoms with E-state index < -0.39 is 6.04 Å². The predicted molar refractivity (Wildman–Crippen MR) is 128 cm³/mol. The fourth-order valence-corrected chi connectivity index (χ4v) is 5.16. The summed E-state index contributed by atoms with van der Waals surface area (Å²) in [7, 11) is 0. The van der Waals surface area contributed by atoms with E-state index in [1.54, 1.807) is 24.3 Å². The molecule has 5 rings (SSSR count). The number of likely N-dealkylation sites (tertiary alicyclic amines) is 1. The largest absolute Gasteiger partial charge is 0.344 e. The van der Waals surface area contributed by atoms with Crippen LogP contribution < -0.4 is 5.32 Å². The molecule has 0 saturated carbocycles. The molecule has 0 unspecified atom stereocenters. The van der Waals surface area contributed by atoms with E-state index in [-0.39, 0.29) is 17.8 Å². The van der Waals surface area contributed by atoms with Gasteiger partial charge in [-0.1, -0.05) is 41.4 Å². The third-order valence-corrected chi connectivity index (χ3v) is 7.09. The molecule has 1 N–H and O–H groups in total. The Labute approximate surface area is 201 Å². The van der Waals surface area contributed by atoms with E-state index in [0.29, 0.717) is 22.2 Å². The highest BCUT2D eigenvalue weighted by molar-refractivity contribution is 6.42. The van der Waals surface area contributed by atoms with Gasteiger partial charge in [0.15, 0.2) is 0 Å². The molecule has 0 aliphatic carbocycles. The lowest BCUT2D eigenvalue weighted by Crippen LogP contribution is -2.38. The lowest BCUT2D eigenvalue weighted by Gasteiger charge is -2.34. The van der Waals surface area contributed by atoms with Crippen molar-refractivity contribution in [3.63, 3.8) is 0 Å². The summed E-state index contributed by atoms with van der Waals surface area (Å²) in [5, 5.41) is 8.90. The van der Waals surface area contributed by atoms with Crippen molar-refractivity contribution in [1.82, 2.24) is 14.7 Å². The molecule has 0 bridgehead atoms. The molecule has 3 aromatic rings. The van der Waals surface area contributed by atoms with Crippen LogP contribution in [0.5, 0.6) is 0 Å². The zero-order chi connectivity index (χ0) is 23.3. The number of carbonyl (C=O) groups is 1. The summed E-state index contributed by atoms with van der Waals surface area (Å²) in [6.07, 6.45) is 1.72. The highest BCUT2D eigenvalue weighted by atomic mass is 35.5. The first-order valence-electron chi connectivity index (χ1n) is 10.9. The molecule has 0 spiro atoms. The summed E-state index contributed by atoms with van der Waals surface area (Å²) >= 11 is 12.5. The van der Waals surface area contributed by atoms with E-state index in [1.807, 2.05) is 35.6 Å². The highest BCUT2D eigenvalue weighted by Crippen LogP contribution is 2.41. The Bertz CT molecular complexity index is 1270. The van der Waals surface area contributed by atoms with Gasteiger partial charge in [0.1, 0.15) is 17.7 Å². The van der Waals surface area contributed by atoms with Gasteiger partial charge in [-0.3, -0.25) is 4.79 Å². The number of allylic oxidation sites excluding steroid dienone is 1. The summed E-state index contributed by atoms with van der Waals surface area (Å²) < 4.78 is 15.3. The number of hydrogen-bond donors (Lipinski definition) is 1. The van der Waals surface area contributed by atoms with Crippen LogP contribution in [0.15, 0.2) is 59.8 Å². The molecule has 2 aromatic carbocycles. The Hall–Kier alpha value is -2.83. The molecule has 8 heteroatoms. The molecule has 2 aliphatic rings. The molecule has 5 nitrogen and oxygen atoms in total. The van der Waals surface area contributed by atoms with Gasteiger partial charge in [-0.15, -0.1) is 0 Å². The first-order valence-corrected chi connectivity index (χ1v) is 11.6. The Morgan fingerprint density at radius 3 is 2.52 bits per heavy atom. The zero-order valence-electron chi connectivity index (χ0n) is 18.3. The van der Waals surface area contributed by atoms with Gasteiger partial charge in [-0.2, -0.15) is 5.10 Å². The van der Waals surface area contributed by atoms with Gasteiger partial charge in [0, 0.05) is 18.3 Å². The van der Waals surface area contributed by atoms with Crippen LogP contribution in [0.4, 0.5) is 10.2 Å². The number of benzene rings is 2. The average Bonchev–Trinajstić information content (AvgIpc) is 3.41. The van der Waals surface area contributed by atoms with Crippen LogP contribution in [0.3, 0.4) is 0 Å². The summed E-state index contributed by atoms with van der Waals surface area (Å²) in [6.45, 7) is 4.46.